The van der Waals surface area contributed by atoms with Crippen LogP contribution >= 0.6 is 0 Å². The number of rotatable bonds is 5. The van der Waals surface area contributed by atoms with Crippen LogP contribution in [0.4, 0.5) is 4.39 Å². The standard InChI is InChI=1S/C11H15FN2O4S2/c1-7(19(2)16)6-14-11(15)8-3-9(12)5-10(4-8)20(13,17)18/h3-5,7H,6H2,1-2H3,(H,14,15)(H2,13,17,18). The smallest absolute Gasteiger partial charge is 0.251 e. The molecule has 1 amide bonds. The molecule has 0 radical (unpaired) electrons. The fourth-order valence-corrected chi connectivity index (χ4v) is 2.20. The highest BCUT2D eigenvalue weighted by Crippen LogP contribution is 2.13. The molecule has 3 N–H and O–H groups in total. The van der Waals surface area contributed by atoms with Gasteiger partial charge in [-0.3, -0.25) is 9.00 Å². The number of benzene rings is 1. The third kappa shape index (κ3) is 4.66. The first kappa shape index (κ1) is 16.7. The second-order valence-electron chi connectivity index (χ2n) is 4.24. The number of hydrogen-bond donors (Lipinski definition) is 2. The molecule has 0 aliphatic carbocycles. The third-order valence-electron chi connectivity index (χ3n) is 2.58. The first-order valence-electron chi connectivity index (χ1n) is 5.55. The predicted octanol–water partition coefficient (Wildman–Crippen LogP) is -0.0301. The summed E-state index contributed by atoms with van der Waals surface area (Å²) in [5.74, 6) is -1.54. The van der Waals surface area contributed by atoms with Gasteiger partial charge in [-0.15, -0.1) is 0 Å². The van der Waals surface area contributed by atoms with Crippen LogP contribution in [-0.4, -0.2) is 36.6 Å². The van der Waals surface area contributed by atoms with Gasteiger partial charge in [0.05, 0.1) is 4.90 Å². The molecule has 0 aromatic heterocycles. The van der Waals surface area contributed by atoms with E-state index >= 15 is 0 Å². The molecule has 0 saturated heterocycles. The predicted molar refractivity (Wildman–Crippen MR) is 73.6 cm³/mol. The fourth-order valence-electron chi connectivity index (χ4n) is 1.31. The number of nitrogens with two attached hydrogens (primary N) is 1. The lowest BCUT2D eigenvalue weighted by atomic mass is 10.2. The normalized spacial score (nSPS) is 14.6. The Labute approximate surface area is 119 Å². The van der Waals surface area contributed by atoms with Crippen LogP contribution in [0.15, 0.2) is 23.1 Å². The highest BCUT2D eigenvalue weighted by Gasteiger charge is 2.16. The Hall–Kier alpha value is -1.32. The third-order valence-corrected chi connectivity index (χ3v) is 4.77. The van der Waals surface area contributed by atoms with Crippen molar-refractivity contribution in [1.29, 1.82) is 0 Å². The zero-order valence-corrected chi connectivity index (χ0v) is 12.6. The van der Waals surface area contributed by atoms with Gasteiger partial charge in [0.1, 0.15) is 5.82 Å². The van der Waals surface area contributed by atoms with Crippen molar-refractivity contribution < 1.29 is 21.8 Å². The van der Waals surface area contributed by atoms with Crippen molar-refractivity contribution >= 4 is 26.7 Å². The van der Waals surface area contributed by atoms with E-state index < -0.39 is 37.4 Å². The van der Waals surface area contributed by atoms with E-state index in [1.54, 1.807) is 6.92 Å². The van der Waals surface area contributed by atoms with Gasteiger partial charge in [-0.05, 0) is 25.1 Å². The molecule has 1 aromatic rings. The van der Waals surface area contributed by atoms with Crippen LogP contribution in [0.25, 0.3) is 0 Å². The van der Waals surface area contributed by atoms with E-state index in [0.717, 1.165) is 18.2 Å². The molecule has 0 spiro atoms. The van der Waals surface area contributed by atoms with E-state index in [0.29, 0.717) is 0 Å². The molecule has 2 unspecified atom stereocenters. The van der Waals surface area contributed by atoms with Crippen molar-refractivity contribution in [3.63, 3.8) is 0 Å². The van der Waals surface area contributed by atoms with Gasteiger partial charge in [0.15, 0.2) is 0 Å². The van der Waals surface area contributed by atoms with Gasteiger partial charge in [0.2, 0.25) is 10.0 Å². The Morgan fingerprint density at radius 1 is 1.45 bits per heavy atom. The lowest BCUT2D eigenvalue weighted by Crippen LogP contribution is -2.32. The molecular formula is C11H15FN2O4S2. The minimum Gasteiger partial charge on any atom is -0.351 e. The first-order valence-corrected chi connectivity index (χ1v) is 8.72. The number of nitrogens with one attached hydrogen (secondary N) is 1. The highest BCUT2D eigenvalue weighted by atomic mass is 32.2. The van der Waals surface area contributed by atoms with Gasteiger partial charge in [-0.2, -0.15) is 0 Å². The molecule has 2 atom stereocenters. The van der Waals surface area contributed by atoms with Crippen LogP contribution in [0.3, 0.4) is 0 Å². The van der Waals surface area contributed by atoms with Crippen molar-refractivity contribution in [1.82, 2.24) is 5.32 Å². The van der Waals surface area contributed by atoms with Crippen LogP contribution in [-0.2, 0) is 20.8 Å². The molecule has 0 bridgehead atoms. The van der Waals surface area contributed by atoms with E-state index in [2.05, 4.69) is 5.32 Å². The highest BCUT2D eigenvalue weighted by molar-refractivity contribution is 7.89. The second kappa shape index (κ2) is 6.42. The van der Waals surface area contributed by atoms with Gasteiger partial charge in [0.25, 0.3) is 5.91 Å². The molecule has 0 saturated carbocycles. The summed E-state index contributed by atoms with van der Waals surface area (Å²) < 4.78 is 46.7. The Morgan fingerprint density at radius 2 is 2.05 bits per heavy atom. The average molecular weight is 322 g/mol. The first-order chi connectivity index (χ1) is 9.11. The largest absolute Gasteiger partial charge is 0.351 e. The molecular weight excluding hydrogens is 307 g/mol. The molecule has 1 rings (SSSR count). The van der Waals surface area contributed by atoms with Crippen molar-refractivity contribution in [2.75, 3.05) is 12.8 Å². The minimum atomic E-state index is -4.09. The summed E-state index contributed by atoms with van der Waals surface area (Å²) in [5, 5.41) is 7.07. The molecule has 0 aliphatic rings. The molecule has 112 valence electrons. The van der Waals surface area contributed by atoms with Gasteiger partial charge >= 0.3 is 0 Å². The van der Waals surface area contributed by atoms with Gasteiger partial charge in [-0.1, -0.05) is 0 Å². The molecule has 0 aliphatic heterocycles. The van der Waals surface area contributed by atoms with Crippen LogP contribution in [0.5, 0.6) is 0 Å². The molecule has 1 aromatic carbocycles. The number of hydrogen-bond acceptors (Lipinski definition) is 4. The maximum absolute atomic E-state index is 13.3. The summed E-state index contributed by atoms with van der Waals surface area (Å²) in [4.78, 5) is 11.3. The van der Waals surface area contributed by atoms with Gasteiger partial charge in [-0.25, -0.2) is 17.9 Å². The summed E-state index contributed by atoms with van der Waals surface area (Å²) in [6.45, 7) is 1.81. The summed E-state index contributed by atoms with van der Waals surface area (Å²) in [6.07, 6.45) is 1.50. The zero-order chi connectivity index (χ0) is 15.5. The molecule has 0 heterocycles. The summed E-state index contributed by atoms with van der Waals surface area (Å²) in [5.41, 5.74) is -0.164. The number of sulfonamides is 1. The monoisotopic (exact) mass is 322 g/mol. The molecule has 9 heteroatoms. The quantitative estimate of drug-likeness (QED) is 0.794. The van der Waals surface area contributed by atoms with Crippen LogP contribution in [0, 0.1) is 5.82 Å². The van der Waals surface area contributed by atoms with E-state index in [9.17, 15) is 21.8 Å². The number of carbonyl (C=O) groups is 1. The Balaban J connectivity index is 2.94. The van der Waals surface area contributed by atoms with E-state index in [1.807, 2.05) is 0 Å². The number of primary sulfonamides is 1. The van der Waals surface area contributed by atoms with Crippen molar-refractivity contribution in [3.8, 4) is 0 Å². The van der Waals surface area contributed by atoms with Crippen molar-refractivity contribution in [2.45, 2.75) is 17.1 Å². The number of amides is 1. The lowest BCUT2D eigenvalue weighted by molar-refractivity contribution is 0.0953. The molecule has 0 fully saturated rings. The van der Waals surface area contributed by atoms with Crippen LogP contribution in [0.1, 0.15) is 17.3 Å². The summed E-state index contributed by atoms with van der Waals surface area (Å²) in [7, 11) is -5.21. The van der Waals surface area contributed by atoms with E-state index in [4.69, 9.17) is 5.14 Å². The molecule has 6 nitrogen and oxygen atoms in total. The van der Waals surface area contributed by atoms with Crippen LogP contribution in [0.2, 0.25) is 0 Å². The molecule has 20 heavy (non-hydrogen) atoms. The van der Waals surface area contributed by atoms with E-state index in [1.165, 1.54) is 6.26 Å². The lowest BCUT2D eigenvalue weighted by Gasteiger charge is -2.10. The van der Waals surface area contributed by atoms with Gasteiger partial charge in [0, 0.05) is 34.4 Å². The maximum atomic E-state index is 13.3. The Kier molecular flexibility index (Phi) is 5.37. The topological polar surface area (TPSA) is 106 Å². The Bertz CT molecular complexity index is 646. The van der Waals surface area contributed by atoms with Crippen molar-refractivity contribution in [2.24, 2.45) is 5.14 Å². The van der Waals surface area contributed by atoms with Crippen molar-refractivity contribution in [3.05, 3.63) is 29.6 Å². The number of halogens is 1. The Morgan fingerprint density at radius 3 is 2.55 bits per heavy atom. The maximum Gasteiger partial charge on any atom is 0.251 e. The average Bonchev–Trinajstić information content (AvgIpc) is 2.33. The summed E-state index contributed by atoms with van der Waals surface area (Å²) in [6, 6.07) is 2.62. The van der Waals surface area contributed by atoms with E-state index in [-0.39, 0.29) is 17.4 Å². The number of carbonyl (C=O) groups excluding carboxylic acids is 1. The zero-order valence-electron chi connectivity index (χ0n) is 10.9. The van der Waals surface area contributed by atoms with Crippen LogP contribution < -0.4 is 10.5 Å². The summed E-state index contributed by atoms with van der Waals surface area (Å²) >= 11 is 0. The minimum absolute atomic E-state index is 0.128. The SMILES string of the molecule is CC(CNC(=O)c1cc(F)cc(S(N)(=O)=O)c1)S(C)=O. The fraction of sp³-hybridized carbons (Fsp3) is 0.364. The second-order valence-corrected chi connectivity index (χ2v) is 7.60. The van der Waals surface area contributed by atoms with Gasteiger partial charge < -0.3 is 5.32 Å².